The molecule has 0 aliphatic heterocycles. The highest BCUT2D eigenvalue weighted by atomic mass is 14.4. The van der Waals surface area contributed by atoms with Gasteiger partial charge in [-0.05, 0) is 44.4 Å². The lowest BCUT2D eigenvalue weighted by Crippen LogP contribution is -2.19. The summed E-state index contributed by atoms with van der Waals surface area (Å²) in [4.78, 5) is 0. The second-order valence-corrected chi connectivity index (χ2v) is 4.71. The summed E-state index contributed by atoms with van der Waals surface area (Å²) in [7, 11) is 0. The van der Waals surface area contributed by atoms with E-state index in [1.54, 1.807) is 11.1 Å². The molecule has 1 saturated carbocycles. The molecular weight excluding hydrogens is 144 g/mol. The van der Waals surface area contributed by atoms with E-state index in [1.165, 1.54) is 25.7 Å². The third kappa shape index (κ3) is 1.04. The summed E-state index contributed by atoms with van der Waals surface area (Å²) in [5.41, 5.74) is 3.43. The monoisotopic (exact) mass is 164 g/mol. The fourth-order valence-electron chi connectivity index (χ4n) is 3.27. The molecule has 2 aliphatic rings. The molecule has 1 fully saturated rings. The fourth-order valence-corrected chi connectivity index (χ4v) is 3.27. The molecule has 3 atom stereocenters. The normalized spacial score (nSPS) is 41.8. The van der Waals surface area contributed by atoms with Crippen molar-refractivity contribution in [3.8, 4) is 0 Å². The first-order chi connectivity index (χ1) is 5.72. The van der Waals surface area contributed by atoms with Crippen LogP contribution in [0.4, 0.5) is 0 Å². The molecule has 0 N–H and O–H groups in total. The quantitative estimate of drug-likeness (QED) is 0.478. The minimum Gasteiger partial charge on any atom is -0.0710 e. The Balaban J connectivity index is 2.23. The Morgan fingerprint density at radius 3 is 2.33 bits per heavy atom. The van der Waals surface area contributed by atoms with Crippen molar-refractivity contribution in [2.75, 3.05) is 0 Å². The third-order valence-corrected chi connectivity index (χ3v) is 4.32. The average molecular weight is 164 g/mol. The van der Waals surface area contributed by atoms with Gasteiger partial charge in [0.25, 0.3) is 0 Å². The van der Waals surface area contributed by atoms with E-state index in [9.17, 15) is 0 Å². The van der Waals surface area contributed by atoms with Crippen molar-refractivity contribution >= 4 is 0 Å². The maximum absolute atomic E-state index is 2.43. The minimum atomic E-state index is 0.885. The van der Waals surface area contributed by atoms with E-state index >= 15 is 0 Å². The van der Waals surface area contributed by atoms with Crippen LogP contribution in [0.15, 0.2) is 11.1 Å². The highest BCUT2D eigenvalue weighted by Gasteiger charge is 2.37. The minimum absolute atomic E-state index is 0.885. The van der Waals surface area contributed by atoms with Gasteiger partial charge in [0.15, 0.2) is 0 Å². The molecule has 0 saturated heterocycles. The van der Waals surface area contributed by atoms with Crippen LogP contribution in [-0.2, 0) is 0 Å². The van der Waals surface area contributed by atoms with Gasteiger partial charge in [-0.15, -0.1) is 0 Å². The first-order valence-corrected chi connectivity index (χ1v) is 5.39. The van der Waals surface area contributed by atoms with Gasteiger partial charge in [0.05, 0.1) is 0 Å². The molecule has 0 spiro atoms. The molecule has 0 aromatic carbocycles. The van der Waals surface area contributed by atoms with Gasteiger partial charge < -0.3 is 0 Å². The fraction of sp³-hybridized carbons (Fsp3) is 0.833. The summed E-state index contributed by atoms with van der Waals surface area (Å²) in [5.74, 6) is 2.86. The lowest BCUT2D eigenvalue weighted by molar-refractivity contribution is 0.247. The molecule has 0 radical (unpaired) electrons. The van der Waals surface area contributed by atoms with Gasteiger partial charge in [-0.1, -0.05) is 30.9 Å². The SMILES string of the molecule is CC1=C(C)C2CCCCC2C1C. The van der Waals surface area contributed by atoms with Crippen LogP contribution in [0, 0.1) is 17.8 Å². The molecule has 0 nitrogen and oxygen atoms in total. The van der Waals surface area contributed by atoms with Crippen molar-refractivity contribution in [2.24, 2.45) is 17.8 Å². The molecule has 0 aromatic rings. The third-order valence-electron chi connectivity index (χ3n) is 4.32. The summed E-state index contributed by atoms with van der Waals surface area (Å²) in [6, 6.07) is 0. The Hall–Kier alpha value is -0.260. The van der Waals surface area contributed by atoms with Crippen LogP contribution in [0.25, 0.3) is 0 Å². The molecule has 0 bridgehead atoms. The zero-order chi connectivity index (χ0) is 8.72. The lowest BCUT2D eigenvalue weighted by atomic mass is 9.76. The van der Waals surface area contributed by atoms with Crippen molar-refractivity contribution < 1.29 is 0 Å². The highest BCUT2D eigenvalue weighted by molar-refractivity contribution is 5.24. The molecule has 0 aromatic heterocycles. The predicted molar refractivity (Wildman–Crippen MR) is 53.0 cm³/mol. The first-order valence-electron chi connectivity index (χ1n) is 5.39. The Labute approximate surface area is 76.1 Å². The maximum Gasteiger partial charge on any atom is -0.0169 e. The zero-order valence-corrected chi connectivity index (χ0v) is 8.56. The molecule has 3 unspecified atom stereocenters. The Kier molecular flexibility index (Phi) is 2.02. The predicted octanol–water partition coefficient (Wildman–Crippen LogP) is 3.78. The second kappa shape index (κ2) is 2.90. The van der Waals surface area contributed by atoms with E-state index in [0.717, 1.165) is 17.8 Å². The highest BCUT2D eigenvalue weighted by Crippen LogP contribution is 2.48. The number of hydrogen-bond donors (Lipinski definition) is 0. The number of rotatable bonds is 0. The van der Waals surface area contributed by atoms with Crippen LogP contribution < -0.4 is 0 Å². The first kappa shape index (κ1) is 8.34. The van der Waals surface area contributed by atoms with Crippen LogP contribution in [0.5, 0.6) is 0 Å². The summed E-state index contributed by atoms with van der Waals surface area (Å²) in [5, 5.41) is 0. The van der Waals surface area contributed by atoms with E-state index in [0.29, 0.717) is 0 Å². The average Bonchev–Trinajstić information content (AvgIpc) is 2.33. The summed E-state index contributed by atoms with van der Waals surface area (Å²) in [6.45, 7) is 7.13. The Morgan fingerprint density at radius 1 is 1.00 bits per heavy atom. The van der Waals surface area contributed by atoms with E-state index < -0.39 is 0 Å². The summed E-state index contributed by atoms with van der Waals surface area (Å²) < 4.78 is 0. The van der Waals surface area contributed by atoms with Crippen LogP contribution >= 0.6 is 0 Å². The molecule has 0 heteroatoms. The van der Waals surface area contributed by atoms with E-state index in [4.69, 9.17) is 0 Å². The molecular formula is C12H20. The van der Waals surface area contributed by atoms with Gasteiger partial charge in [-0.3, -0.25) is 0 Å². The van der Waals surface area contributed by atoms with Crippen molar-refractivity contribution in [3.05, 3.63) is 11.1 Å². The molecule has 12 heavy (non-hydrogen) atoms. The Bertz CT molecular complexity index is 212. The van der Waals surface area contributed by atoms with Crippen molar-refractivity contribution in [1.29, 1.82) is 0 Å². The zero-order valence-electron chi connectivity index (χ0n) is 8.56. The largest absolute Gasteiger partial charge is 0.0710 e. The maximum atomic E-state index is 2.43. The van der Waals surface area contributed by atoms with Gasteiger partial charge in [-0.25, -0.2) is 0 Å². The van der Waals surface area contributed by atoms with Gasteiger partial charge in [0.2, 0.25) is 0 Å². The van der Waals surface area contributed by atoms with Crippen molar-refractivity contribution in [1.82, 2.24) is 0 Å². The van der Waals surface area contributed by atoms with E-state index in [-0.39, 0.29) is 0 Å². The molecule has 2 aliphatic carbocycles. The topological polar surface area (TPSA) is 0 Å². The molecule has 2 rings (SSSR count). The van der Waals surface area contributed by atoms with Crippen LogP contribution in [0.1, 0.15) is 46.5 Å². The van der Waals surface area contributed by atoms with Crippen LogP contribution in [0.2, 0.25) is 0 Å². The molecule has 0 amide bonds. The van der Waals surface area contributed by atoms with Gasteiger partial charge in [0.1, 0.15) is 0 Å². The summed E-state index contributed by atoms with van der Waals surface area (Å²) >= 11 is 0. The van der Waals surface area contributed by atoms with Gasteiger partial charge in [-0.2, -0.15) is 0 Å². The molecule has 0 heterocycles. The smallest absolute Gasteiger partial charge is 0.0169 e. The van der Waals surface area contributed by atoms with E-state index in [1.807, 2.05) is 0 Å². The van der Waals surface area contributed by atoms with Crippen molar-refractivity contribution in [2.45, 2.75) is 46.5 Å². The van der Waals surface area contributed by atoms with Crippen molar-refractivity contribution in [3.63, 3.8) is 0 Å². The number of hydrogen-bond acceptors (Lipinski definition) is 0. The van der Waals surface area contributed by atoms with Gasteiger partial charge >= 0.3 is 0 Å². The second-order valence-electron chi connectivity index (χ2n) is 4.71. The standard InChI is InChI=1S/C12H20/c1-8-9(2)11-6-4-5-7-12(11)10(8)3/h9,11-12H,4-7H2,1-3H3. The van der Waals surface area contributed by atoms with Crippen LogP contribution in [-0.4, -0.2) is 0 Å². The number of fused-ring (bicyclic) bond motifs is 1. The number of allylic oxidation sites excluding steroid dienone is 2. The lowest BCUT2D eigenvalue weighted by Gasteiger charge is -2.29. The van der Waals surface area contributed by atoms with E-state index in [2.05, 4.69) is 20.8 Å². The Morgan fingerprint density at radius 2 is 1.67 bits per heavy atom. The van der Waals surface area contributed by atoms with Gasteiger partial charge in [0, 0.05) is 0 Å². The summed E-state index contributed by atoms with van der Waals surface area (Å²) in [6.07, 6.45) is 5.91. The molecule has 68 valence electrons. The van der Waals surface area contributed by atoms with Crippen LogP contribution in [0.3, 0.4) is 0 Å².